The Morgan fingerprint density at radius 3 is 1.98 bits per heavy atom. The number of thiophene rings is 1. The van der Waals surface area contributed by atoms with Gasteiger partial charge in [-0.1, -0.05) is 96.4 Å². The molecule has 3 heterocycles. The van der Waals surface area contributed by atoms with Crippen molar-refractivity contribution in [3.05, 3.63) is 170 Å². The minimum Gasteiger partial charge on any atom is -0.305 e. The number of pyridine rings is 2. The van der Waals surface area contributed by atoms with E-state index in [9.17, 15) is 0 Å². The first-order valence-electron chi connectivity index (χ1n) is 15.6. The van der Waals surface area contributed by atoms with Crippen molar-refractivity contribution >= 4 is 74.6 Å². The second-order valence-electron chi connectivity index (χ2n) is 11.6. The molecule has 4 heteroatoms. The third-order valence-electron chi connectivity index (χ3n) is 8.84. The summed E-state index contributed by atoms with van der Waals surface area (Å²) < 4.78 is 2.59. The van der Waals surface area contributed by atoms with Gasteiger partial charge in [-0.3, -0.25) is 0 Å². The van der Waals surface area contributed by atoms with Crippen LogP contribution in [0.2, 0.25) is 0 Å². The van der Waals surface area contributed by atoms with Crippen LogP contribution in [-0.2, 0) is 20.1 Å². The summed E-state index contributed by atoms with van der Waals surface area (Å²) in [5.74, 6) is 0. The molecule has 10 aromatic rings. The molecule has 0 aliphatic rings. The quantitative estimate of drug-likeness (QED) is 0.128. The van der Waals surface area contributed by atoms with Gasteiger partial charge < -0.3 is 9.97 Å². The fourth-order valence-corrected chi connectivity index (χ4v) is 7.74. The van der Waals surface area contributed by atoms with Gasteiger partial charge in [0.15, 0.2) is 0 Å². The Bertz CT molecular complexity index is 2700. The van der Waals surface area contributed by atoms with Gasteiger partial charge in [0.2, 0.25) is 0 Å². The van der Waals surface area contributed by atoms with E-state index in [4.69, 9.17) is 4.98 Å². The number of rotatable bonds is 2. The molecule has 0 fully saturated rings. The molecule has 0 spiro atoms. The van der Waals surface area contributed by atoms with Crippen molar-refractivity contribution in [2.45, 2.75) is 0 Å². The van der Waals surface area contributed by atoms with Crippen LogP contribution in [0.5, 0.6) is 0 Å². The van der Waals surface area contributed by atoms with Gasteiger partial charge in [-0.25, -0.2) is 0 Å². The molecule has 48 heavy (non-hydrogen) atoms. The van der Waals surface area contributed by atoms with Crippen LogP contribution in [-0.4, -0.2) is 9.97 Å². The van der Waals surface area contributed by atoms with Crippen molar-refractivity contribution in [3.63, 3.8) is 0 Å². The number of hydrogen-bond acceptors (Lipinski definition) is 3. The zero-order valence-electron chi connectivity index (χ0n) is 25.6. The Balaban J connectivity index is 0.000000220. The third-order valence-corrected chi connectivity index (χ3v) is 9.96. The molecule has 0 aliphatic heterocycles. The smallest absolute Gasteiger partial charge is 0.0252 e. The van der Waals surface area contributed by atoms with E-state index in [1.807, 2.05) is 60.0 Å². The Kier molecular flexibility index (Phi) is 7.99. The van der Waals surface area contributed by atoms with E-state index in [1.165, 1.54) is 57.9 Å². The molecular formula is C44H26IrN2S-2. The van der Waals surface area contributed by atoms with Crippen LogP contribution in [0.15, 0.2) is 158 Å². The van der Waals surface area contributed by atoms with Gasteiger partial charge >= 0.3 is 0 Å². The average molecular weight is 807 g/mol. The van der Waals surface area contributed by atoms with Gasteiger partial charge in [0, 0.05) is 37.2 Å². The van der Waals surface area contributed by atoms with Gasteiger partial charge in [-0.15, -0.1) is 59.7 Å². The van der Waals surface area contributed by atoms with Crippen LogP contribution in [0.1, 0.15) is 0 Å². The topological polar surface area (TPSA) is 25.8 Å². The monoisotopic (exact) mass is 807 g/mol. The SMILES string of the molecule is [Ir].[c-]1cc2c(cc1-c1nccc3c1ccc1c4ccccc4ccc31)sc1cc3ccccc3cc12.[c-]1ccccc1-c1ccccn1. The normalized spacial score (nSPS) is 11.2. The number of fused-ring (bicyclic) bond motifs is 9. The predicted molar refractivity (Wildman–Crippen MR) is 200 cm³/mol. The molecule has 0 bridgehead atoms. The molecule has 0 N–H and O–H groups in total. The first-order valence-corrected chi connectivity index (χ1v) is 16.5. The third kappa shape index (κ3) is 5.35. The maximum atomic E-state index is 4.83. The first-order chi connectivity index (χ1) is 23.3. The number of benzene rings is 7. The summed E-state index contributed by atoms with van der Waals surface area (Å²) in [4.78, 5) is 9.04. The molecule has 0 aliphatic carbocycles. The first kappa shape index (κ1) is 30.1. The fraction of sp³-hybridized carbons (Fsp3) is 0. The number of nitrogens with zero attached hydrogens (tertiary/aromatic N) is 2. The summed E-state index contributed by atoms with van der Waals surface area (Å²) in [5.41, 5.74) is 4.04. The maximum Gasteiger partial charge on any atom is 0.0252 e. The van der Waals surface area contributed by atoms with E-state index >= 15 is 0 Å². The molecule has 0 saturated carbocycles. The van der Waals surface area contributed by atoms with Crippen LogP contribution in [0.4, 0.5) is 0 Å². The number of aromatic nitrogens is 2. The van der Waals surface area contributed by atoms with Crippen molar-refractivity contribution in [3.8, 4) is 22.5 Å². The van der Waals surface area contributed by atoms with Crippen molar-refractivity contribution in [1.82, 2.24) is 9.97 Å². The van der Waals surface area contributed by atoms with Crippen molar-refractivity contribution in [2.24, 2.45) is 0 Å². The zero-order valence-corrected chi connectivity index (χ0v) is 28.9. The van der Waals surface area contributed by atoms with E-state index in [1.54, 1.807) is 6.20 Å². The fourth-order valence-electron chi connectivity index (χ4n) is 6.58. The van der Waals surface area contributed by atoms with Gasteiger partial charge in [0.1, 0.15) is 0 Å². The Labute approximate surface area is 295 Å². The van der Waals surface area contributed by atoms with Gasteiger partial charge in [0.25, 0.3) is 0 Å². The summed E-state index contributed by atoms with van der Waals surface area (Å²) in [6.45, 7) is 0. The molecule has 229 valence electrons. The molecule has 7 aromatic carbocycles. The van der Waals surface area contributed by atoms with E-state index in [-0.39, 0.29) is 20.1 Å². The molecule has 0 amide bonds. The second kappa shape index (κ2) is 12.7. The maximum absolute atomic E-state index is 4.83. The van der Waals surface area contributed by atoms with Crippen LogP contribution < -0.4 is 0 Å². The Morgan fingerprint density at radius 1 is 0.438 bits per heavy atom. The van der Waals surface area contributed by atoms with Crippen LogP contribution in [0.3, 0.4) is 0 Å². The van der Waals surface area contributed by atoms with Crippen molar-refractivity contribution in [2.75, 3.05) is 0 Å². The average Bonchev–Trinajstić information content (AvgIpc) is 3.50. The minimum absolute atomic E-state index is 0. The summed E-state index contributed by atoms with van der Waals surface area (Å²) in [6, 6.07) is 57.6. The van der Waals surface area contributed by atoms with E-state index < -0.39 is 0 Å². The molecule has 1 radical (unpaired) electrons. The standard InChI is InChI=1S/C33H18NS.C11H8N.Ir/c1-2-7-22-18-32-30(17-21(22)6-1)28-12-10-23(19-31(28)35-32)33-29-14-13-25-24-8-4-3-5-20(24)9-11-26(25)27(29)15-16-34-33;1-2-6-10(7-3-1)11-8-4-5-9-12-11;/h1-9,11-19H;1-6,8-9H;/q2*-1;. The summed E-state index contributed by atoms with van der Waals surface area (Å²) in [6.07, 6.45) is 3.72. The van der Waals surface area contributed by atoms with Crippen LogP contribution >= 0.6 is 11.3 Å². The minimum atomic E-state index is 0. The van der Waals surface area contributed by atoms with Crippen LogP contribution in [0, 0.1) is 12.1 Å². The molecule has 0 unspecified atom stereocenters. The van der Waals surface area contributed by atoms with Crippen molar-refractivity contribution < 1.29 is 20.1 Å². The van der Waals surface area contributed by atoms with Gasteiger partial charge in [0.05, 0.1) is 0 Å². The molecule has 10 rings (SSSR count). The summed E-state index contributed by atoms with van der Waals surface area (Å²) >= 11 is 1.85. The molecule has 0 saturated heterocycles. The summed E-state index contributed by atoms with van der Waals surface area (Å²) in [5, 5.41) is 12.6. The second-order valence-corrected chi connectivity index (χ2v) is 12.7. The number of hydrogen-bond donors (Lipinski definition) is 0. The van der Waals surface area contributed by atoms with Gasteiger partial charge in [-0.05, 0) is 82.8 Å². The zero-order chi connectivity index (χ0) is 31.2. The van der Waals surface area contributed by atoms with E-state index in [0.29, 0.717) is 0 Å². The predicted octanol–water partition coefficient (Wildman–Crippen LogP) is 12.1. The van der Waals surface area contributed by atoms with Crippen LogP contribution in [0.25, 0.3) is 85.8 Å². The Hall–Kier alpha value is -5.25. The van der Waals surface area contributed by atoms with Gasteiger partial charge in [-0.2, -0.15) is 11.3 Å². The van der Waals surface area contributed by atoms with E-state index in [2.05, 4.69) is 120 Å². The largest absolute Gasteiger partial charge is 0.305 e. The molecule has 2 nitrogen and oxygen atoms in total. The molecule has 3 aromatic heterocycles. The molecular weight excluding hydrogens is 781 g/mol. The molecule has 0 atom stereocenters. The Morgan fingerprint density at radius 2 is 1.15 bits per heavy atom. The van der Waals surface area contributed by atoms with E-state index in [0.717, 1.165) is 27.9 Å². The van der Waals surface area contributed by atoms with Crippen molar-refractivity contribution in [1.29, 1.82) is 0 Å². The summed E-state index contributed by atoms with van der Waals surface area (Å²) in [7, 11) is 0.